The zero-order valence-corrected chi connectivity index (χ0v) is 14.1. The Morgan fingerprint density at radius 2 is 2.17 bits per heavy atom. The monoisotopic (exact) mass is 331 g/mol. The van der Waals surface area contributed by atoms with Crippen LogP contribution in [0, 0.1) is 19.7 Å². The number of rotatable bonds is 5. The summed E-state index contributed by atoms with van der Waals surface area (Å²) in [7, 11) is 0. The highest BCUT2D eigenvalue weighted by molar-refractivity contribution is 7.05. The van der Waals surface area contributed by atoms with Crippen molar-refractivity contribution in [2.24, 2.45) is 0 Å². The van der Waals surface area contributed by atoms with Gasteiger partial charge < -0.3 is 9.88 Å². The third-order valence-corrected chi connectivity index (χ3v) is 4.80. The molecule has 0 amide bonds. The van der Waals surface area contributed by atoms with E-state index in [0.717, 1.165) is 22.0 Å². The predicted molar refractivity (Wildman–Crippen MR) is 88.2 cm³/mol. The molecule has 1 unspecified atom stereocenters. The largest absolute Gasteiger partial charge is 0.305 e. The Hall–Kier alpha value is -2.12. The van der Waals surface area contributed by atoms with E-state index >= 15 is 0 Å². The van der Waals surface area contributed by atoms with Crippen molar-refractivity contribution >= 4 is 11.5 Å². The van der Waals surface area contributed by atoms with Gasteiger partial charge in [0.05, 0.1) is 16.3 Å². The van der Waals surface area contributed by atoms with Crippen LogP contribution in [0.3, 0.4) is 0 Å². The van der Waals surface area contributed by atoms with Crippen molar-refractivity contribution in [2.75, 3.05) is 0 Å². The molecule has 1 atom stereocenters. The molecule has 0 saturated heterocycles. The summed E-state index contributed by atoms with van der Waals surface area (Å²) >= 11 is 1.39. The SMILES string of the molecule is Cc1nnsc1C(C)NCc1ccc(-n2ccnc2C)c(F)c1. The van der Waals surface area contributed by atoms with Gasteiger partial charge in [-0.25, -0.2) is 9.37 Å². The molecule has 0 spiro atoms. The summed E-state index contributed by atoms with van der Waals surface area (Å²) in [5.41, 5.74) is 2.34. The highest BCUT2D eigenvalue weighted by Gasteiger charge is 2.13. The molecule has 0 aliphatic heterocycles. The van der Waals surface area contributed by atoms with Gasteiger partial charge >= 0.3 is 0 Å². The summed E-state index contributed by atoms with van der Waals surface area (Å²) in [5, 5.41) is 7.39. The van der Waals surface area contributed by atoms with Gasteiger partial charge in [-0.1, -0.05) is 10.6 Å². The smallest absolute Gasteiger partial charge is 0.147 e. The summed E-state index contributed by atoms with van der Waals surface area (Å²) in [6.45, 7) is 6.43. The molecule has 0 aliphatic rings. The zero-order chi connectivity index (χ0) is 16.4. The first-order chi connectivity index (χ1) is 11.1. The van der Waals surface area contributed by atoms with Gasteiger partial charge in [0.25, 0.3) is 0 Å². The molecule has 0 bridgehead atoms. The van der Waals surface area contributed by atoms with Crippen molar-refractivity contribution in [2.45, 2.75) is 33.4 Å². The van der Waals surface area contributed by atoms with Crippen LogP contribution in [0.15, 0.2) is 30.6 Å². The normalized spacial score (nSPS) is 12.5. The number of aryl methyl sites for hydroxylation is 2. The van der Waals surface area contributed by atoms with Crippen molar-refractivity contribution in [1.29, 1.82) is 0 Å². The van der Waals surface area contributed by atoms with E-state index in [4.69, 9.17) is 0 Å². The lowest BCUT2D eigenvalue weighted by molar-refractivity contribution is 0.572. The summed E-state index contributed by atoms with van der Waals surface area (Å²) in [5.74, 6) is 0.505. The third kappa shape index (κ3) is 3.30. The van der Waals surface area contributed by atoms with Gasteiger partial charge in [0.15, 0.2) is 0 Å². The van der Waals surface area contributed by atoms with Crippen LogP contribution in [0.2, 0.25) is 0 Å². The Labute approximate surface area is 138 Å². The number of hydrogen-bond donors (Lipinski definition) is 1. The Bertz CT molecular complexity index is 810. The lowest BCUT2D eigenvalue weighted by Gasteiger charge is -2.13. The Kier molecular flexibility index (Phi) is 4.49. The third-order valence-electron chi connectivity index (χ3n) is 3.79. The quantitative estimate of drug-likeness (QED) is 0.779. The van der Waals surface area contributed by atoms with E-state index in [-0.39, 0.29) is 11.9 Å². The molecule has 2 heterocycles. The van der Waals surface area contributed by atoms with E-state index in [9.17, 15) is 4.39 Å². The van der Waals surface area contributed by atoms with Crippen molar-refractivity contribution in [3.05, 3.63) is 58.4 Å². The van der Waals surface area contributed by atoms with Crippen LogP contribution in [0.1, 0.15) is 34.9 Å². The maximum Gasteiger partial charge on any atom is 0.147 e. The van der Waals surface area contributed by atoms with Crippen molar-refractivity contribution in [1.82, 2.24) is 24.5 Å². The van der Waals surface area contributed by atoms with Crippen LogP contribution < -0.4 is 5.32 Å². The predicted octanol–water partition coefficient (Wildman–Crippen LogP) is 3.33. The number of aromatic nitrogens is 4. The minimum absolute atomic E-state index is 0.133. The van der Waals surface area contributed by atoms with E-state index < -0.39 is 0 Å². The van der Waals surface area contributed by atoms with Crippen LogP contribution in [-0.2, 0) is 6.54 Å². The molecule has 1 N–H and O–H groups in total. The fourth-order valence-electron chi connectivity index (χ4n) is 2.49. The Balaban J connectivity index is 1.71. The molecule has 2 aromatic heterocycles. The minimum Gasteiger partial charge on any atom is -0.305 e. The molecule has 3 rings (SSSR count). The summed E-state index contributed by atoms with van der Waals surface area (Å²) in [4.78, 5) is 5.23. The van der Waals surface area contributed by atoms with Crippen LogP contribution in [-0.4, -0.2) is 19.1 Å². The number of benzene rings is 1. The van der Waals surface area contributed by atoms with Crippen molar-refractivity contribution in [3.8, 4) is 5.69 Å². The van der Waals surface area contributed by atoms with E-state index in [2.05, 4.69) is 26.8 Å². The molecule has 120 valence electrons. The Morgan fingerprint density at radius 1 is 1.35 bits per heavy atom. The maximum atomic E-state index is 14.4. The molecule has 3 aromatic rings. The molecule has 1 aromatic carbocycles. The minimum atomic E-state index is -0.256. The van der Waals surface area contributed by atoms with Gasteiger partial charge in [-0.2, -0.15) is 0 Å². The average molecular weight is 331 g/mol. The van der Waals surface area contributed by atoms with Gasteiger partial charge in [0.1, 0.15) is 11.6 Å². The van der Waals surface area contributed by atoms with Gasteiger partial charge in [-0.3, -0.25) is 0 Å². The molecular formula is C16H18FN5S. The molecule has 7 heteroatoms. The number of nitrogens with zero attached hydrogens (tertiary/aromatic N) is 4. The van der Waals surface area contributed by atoms with E-state index in [0.29, 0.717) is 12.2 Å². The van der Waals surface area contributed by atoms with Crippen LogP contribution in [0.25, 0.3) is 5.69 Å². The second-order valence-corrected chi connectivity index (χ2v) is 6.24. The van der Waals surface area contributed by atoms with E-state index in [1.54, 1.807) is 29.1 Å². The molecular weight excluding hydrogens is 313 g/mol. The number of halogens is 1. The van der Waals surface area contributed by atoms with Crippen molar-refractivity contribution < 1.29 is 4.39 Å². The summed E-state index contributed by atoms with van der Waals surface area (Å²) in [6, 6.07) is 5.40. The zero-order valence-electron chi connectivity index (χ0n) is 13.2. The van der Waals surface area contributed by atoms with E-state index in [1.807, 2.05) is 19.9 Å². The van der Waals surface area contributed by atoms with Crippen LogP contribution in [0.5, 0.6) is 0 Å². The van der Waals surface area contributed by atoms with Crippen LogP contribution in [0.4, 0.5) is 4.39 Å². The Morgan fingerprint density at radius 3 is 2.78 bits per heavy atom. The lowest BCUT2D eigenvalue weighted by Crippen LogP contribution is -2.18. The summed E-state index contributed by atoms with van der Waals surface area (Å²) in [6.07, 6.45) is 3.42. The average Bonchev–Trinajstić information content (AvgIpc) is 3.13. The topological polar surface area (TPSA) is 55.6 Å². The van der Waals surface area contributed by atoms with Gasteiger partial charge in [0, 0.05) is 25.0 Å². The van der Waals surface area contributed by atoms with Gasteiger partial charge in [-0.15, -0.1) is 5.10 Å². The first-order valence-electron chi connectivity index (χ1n) is 7.37. The van der Waals surface area contributed by atoms with E-state index in [1.165, 1.54) is 11.5 Å². The second-order valence-electron chi connectivity index (χ2n) is 5.46. The molecule has 5 nitrogen and oxygen atoms in total. The molecule has 0 saturated carbocycles. The van der Waals surface area contributed by atoms with Gasteiger partial charge in [-0.05, 0) is 50.0 Å². The lowest BCUT2D eigenvalue weighted by atomic mass is 10.1. The molecule has 0 fully saturated rings. The number of hydrogen-bond acceptors (Lipinski definition) is 5. The van der Waals surface area contributed by atoms with Crippen molar-refractivity contribution in [3.63, 3.8) is 0 Å². The van der Waals surface area contributed by atoms with Gasteiger partial charge in [0.2, 0.25) is 0 Å². The molecule has 0 aliphatic carbocycles. The number of nitrogens with one attached hydrogen (secondary N) is 1. The van der Waals surface area contributed by atoms with Crippen LogP contribution >= 0.6 is 11.5 Å². The standard InChI is InChI=1S/C16H18FN5S/c1-10(16-11(2)20-21-23-16)19-9-13-4-5-15(14(17)8-13)22-7-6-18-12(22)3/h4-8,10,19H,9H2,1-3H3. The summed E-state index contributed by atoms with van der Waals surface area (Å²) < 4.78 is 20.0. The highest BCUT2D eigenvalue weighted by Crippen LogP contribution is 2.21. The second kappa shape index (κ2) is 6.55. The fourth-order valence-corrected chi connectivity index (χ4v) is 3.15. The molecule has 23 heavy (non-hydrogen) atoms. The first-order valence-corrected chi connectivity index (χ1v) is 8.14. The molecule has 0 radical (unpaired) electrons. The number of imidazole rings is 1. The first kappa shape index (κ1) is 15.8. The highest BCUT2D eigenvalue weighted by atomic mass is 32.1. The maximum absolute atomic E-state index is 14.4. The fraction of sp³-hybridized carbons (Fsp3) is 0.312.